The lowest BCUT2D eigenvalue weighted by Gasteiger charge is -2.05. The summed E-state index contributed by atoms with van der Waals surface area (Å²) in [6.07, 6.45) is 1.95. The second-order valence-electron chi connectivity index (χ2n) is 9.17. The lowest BCUT2D eigenvalue weighted by Crippen LogP contribution is -2.08. The lowest BCUT2D eigenvalue weighted by atomic mass is 10.0. The van der Waals surface area contributed by atoms with Crippen molar-refractivity contribution in [2.75, 3.05) is 0 Å². The minimum Gasteiger partial charge on any atom is -0.456 e. The first kappa shape index (κ1) is 26.0. The highest BCUT2D eigenvalue weighted by molar-refractivity contribution is 5.90. The molecule has 0 saturated carbocycles. The molecular weight excluding hydrogens is 464 g/mol. The van der Waals surface area contributed by atoms with Crippen LogP contribution in [0.25, 0.3) is 0 Å². The highest BCUT2D eigenvalue weighted by Crippen LogP contribution is 2.27. The Labute approximate surface area is 218 Å². The molecule has 0 unspecified atom stereocenters. The maximum absolute atomic E-state index is 12.9. The molecule has 6 nitrogen and oxygen atoms in total. The zero-order valence-electron chi connectivity index (χ0n) is 21.9. The summed E-state index contributed by atoms with van der Waals surface area (Å²) in [4.78, 5) is 32.5. The van der Waals surface area contributed by atoms with Gasteiger partial charge in [-0.25, -0.2) is 9.59 Å². The van der Waals surface area contributed by atoms with Crippen LogP contribution in [0.1, 0.15) is 79.6 Å². The highest BCUT2D eigenvalue weighted by Gasteiger charge is 2.24. The van der Waals surface area contributed by atoms with E-state index in [0.29, 0.717) is 30.7 Å². The van der Waals surface area contributed by atoms with Crippen molar-refractivity contribution in [1.29, 1.82) is 0 Å². The molecule has 6 heteroatoms. The van der Waals surface area contributed by atoms with Crippen molar-refractivity contribution in [3.05, 3.63) is 117 Å². The van der Waals surface area contributed by atoms with E-state index < -0.39 is 0 Å². The Morgan fingerprint density at radius 3 is 1.38 bits per heavy atom. The molecule has 0 spiro atoms. The minimum absolute atomic E-state index is 0.222. The maximum atomic E-state index is 12.9. The highest BCUT2D eigenvalue weighted by atomic mass is 16.5. The zero-order valence-corrected chi connectivity index (χ0v) is 21.9. The molecule has 2 aromatic heterocycles. The normalized spacial score (nSPS) is 10.9. The van der Waals surface area contributed by atoms with Crippen molar-refractivity contribution in [3.63, 3.8) is 0 Å². The number of aromatic nitrogens is 2. The number of benzene rings is 2. The maximum Gasteiger partial charge on any atom is 0.355 e. The van der Waals surface area contributed by atoms with E-state index in [4.69, 9.17) is 9.47 Å². The Bertz CT molecular complexity index is 1260. The predicted octanol–water partition coefficient (Wildman–Crippen LogP) is 6.39. The van der Waals surface area contributed by atoms with Crippen molar-refractivity contribution in [3.8, 4) is 0 Å². The number of esters is 2. The summed E-state index contributed by atoms with van der Waals surface area (Å²) in [6.45, 7) is 8.55. The summed E-state index contributed by atoms with van der Waals surface area (Å²) in [7, 11) is 0. The van der Waals surface area contributed by atoms with E-state index in [0.717, 1.165) is 44.8 Å². The van der Waals surface area contributed by atoms with E-state index in [1.165, 1.54) is 0 Å². The van der Waals surface area contributed by atoms with Gasteiger partial charge in [-0.3, -0.25) is 0 Å². The van der Waals surface area contributed by atoms with Crippen LogP contribution in [-0.4, -0.2) is 21.9 Å². The van der Waals surface area contributed by atoms with Crippen LogP contribution in [-0.2, 0) is 41.9 Å². The Morgan fingerprint density at radius 2 is 1.03 bits per heavy atom. The van der Waals surface area contributed by atoms with Gasteiger partial charge in [0, 0.05) is 17.8 Å². The Morgan fingerprint density at radius 1 is 0.649 bits per heavy atom. The van der Waals surface area contributed by atoms with Crippen LogP contribution in [0.5, 0.6) is 0 Å². The summed E-state index contributed by atoms with van der Waals surface area (Å²) in [5, 5.41) is 0. The van der Waals surface area contributed by atoms with Gasteiger partial charge in [0.25, 0.3) is 0 Å². The number of hydrogen-bond acceptors (Lipinski definition) is 4. The van der Waals surface area contributed by atoms with Gasteiger partial charge < -0.3 is 19.4 Å². The molecule has 2 aromatic carbocycles. The summed E-state index contributed by atoms with van der Waals surface area (Å²) >= 11 is 0. The van der Waals surface area contributed by atoms with Crippen LogP contribution in [0.3, 0.4) is 0 Å². The number of aromatic amines is 2. The molecule has 2 heterocycles. The van der Waals surface area contributed by atoms with E-state index in [1.807, 2.05) is 88.4 Å². The molecule has 2 N–H and O–H groups in total. The van der Waals surface area contributed by atoms with Gasteiger partial charge >= 0.3 is 11.9 Å². The third kappa shape index (κ3) is 5.85. The second kappa shape index (κ2) is 11.8. The first-order valence-electron chi connectivity index (χ1n) is 12.8. The van der Waals surface area contributed by atoms with E-state index in [9.17, 15) is 9.59 Å². The Hall–Kier alpha value is -4.06. The van der Waals surface area contributed by atoms with Gasteiger partial charge in [0.15, 0.2) is 0 Å². The van der Waals surface area contributed by atoms with Crippen LogP contribution >= 0.6 is 0 Å². The van der Waals surface area contributed by atoms with Gasteiger partial charge in [0.1, 0.15) is 24.6 Å². The van der Waals surface area contributed by atoms with E-state index >= 15 is 0 Å². The third-order valence-corrected chi connectivity index (χ3v) is 6.86. The molecule has 0 amide bonds. The van der Waals surface area contributed by atoms with Gasteiger partial charge in [-0.05, 0) is 60.1 Å². The SMILES string of the molecule is CCc1c(C(=O)OCc2ccccc2)[nH]c(Cc2[nH]c(C(=O)OCc3ccccc3)c(CC)c2C)c1C. The number of carbonyl (C=O) groups is 2. The van der Waals surface area contributed by atoms with Crippen LogP contribution in [0, 0.1) is 13.8 Å². The molecule has 0 aliphatic heterocycles. The minimum atomic E-state index is -0.363. The summed E-state index contributed by atoms with van der Waals surface area (Å²) in [5.74, 6) is -0.727. The number of ether oxygens (including phenoxy) is 2. The van der Waals surface area contributed by atoms with Crippen molar-refractivity contribution in [1.82, 2.24) is 9.97 Å². The number of H-pyrrole nitrogens is 2. The Kier molecular flexibility index (Phi) is 8.29. The lowest BCUT2D eigenvalue weighted by molar-refractivity contribution is 0.0456. The smallest absolute Gasteiger partial charge is 0.355 e. The predicted molar refractivity (Wildman–Crippen MR) is 144 cm³/mol. The summed E-state index contributed by atoms with van der Waals surface area (Å²) in [6, 6.07) is 19.3. The molecule has 0 fully saturated rings. The molecule has 0 bridgehead atoms. The fraction of sp³-hybridized carbons (Fsp3) is 0.290. The molecule has 0 aliphatic carbocycles. The number of carbonyl (C=O) groups excluding carboxylic acids is 2. The largest absolute Gasteiger partial charge is 0.456 e. The molecule has 0 saturated heterocycles. The first-order chi connectivity index (χ1) is 17.9. The average Bonchev–Trinajstić information content (AvgIpc) is 3.42. The van der Waals surface area contributed by atoms with Gasteiger partial charge in [-0.2, -0.15) is 0 Å². The topological polar surface area (TPSA) is 84.2 Å². The molecule has 37 heavy (non-hydrogen) atoms. The average molecular weight is 499 g/mol. The standard InChI is InChI=1S/C31H34N2O4/c1-5-24-20(3)26(32-28(24)30(34)36-18-22-13-9-7-10-14-22)17-27-21(4)25(6-2)29(33-27)31(35)37-19-23-15-11-8-12-16-23/h7-16,32-33H,5-6,17-19H2,1-4H3. The third-order valence-electron chi connectivity index (χ3n) is 6.86. The second-order valence-corrected chi connectivity index (χ2v) is 9.17. The van der Waals surface area contributed by atoms with Gasteiger partial charge in [-0.15, -0.1) is 0 Å². The molecule has 0 radical (unpaired) electrons. The van der Waals surface area contributed by atoms with Crippen molar-refractivity contribution < 1.29 is 19.1 Å². The van der Waals surface area contributed by atoms with Crippen LogP contribution in [0.2, 0.25) is 0 Å². The van der Waals surface area contributed by atoms with Crippen LogP contribution in [0.4, 0.5) is 0 Å². The number of rotatable bonds is 10. The van der Waals surface area contributed by atoms with E-state index in [2.05, 4.69) is 9.97 Å². The Balaban J connectivity index is 1.53. The van der Waals surface area contributed by atoms with E-state index in [1.54, 1.807) is 0 Å². The van der Waals surface area contributed by atoms with Crippen LogP contribution in [0.15, 0.2) is 60.7 Å². The summed E-state index contributed by atoms with van der Waals surface area (Å²) in [5.41, 5.74) is 8.72. The number of nitrogens with one attached hydrogen (secondary N) is 2. The van der Waals surface area contributed by atoms with Gasteiger partial charge in [0.05, 0.1) is 0 Å². The fourth-order valence-electron chi connectivity index (χ4n) is 4.73. The molecule has 0 aliphatic rings. The van der Waals surface area contributed by atoms with Crippen molar-refractivity contribution in [2.24, 2.45) is 0 Å². The quantitative estimate of drug-likeness (QED) is 0.248. The summed E-state index contributed by atoms with van der Waals surface area (Å²) < 4.78 is 11.2. The molecular formula is C31H34N2O4. The molecule has 4 aromatic rings. The first-order valence-corrected chi connectivity index (χ1v) is 12.8. The van der Waals surface area contributed by atoms with E-state index in [-0.39, 0.29) is 25.2 Å². The van der Waals surface area contributed by atoms with Gasteiger partial charge in [0.2, 0.25) is 0 Å². The van der Waals surface area contributed by atoms with Gasteiger partial charge in [-0.1, -0.05) is 74.5 Å². The van der Waals surface area contributed by atoms with Crippen molar-refractivity contribution in [2.45, 2.75) is 60.2 Å². The van der Waals surface area contributed by atoms with Crippen molar-refractivity contribution >= 4 is 11.9 Å². The fourth-order valence-corrected chi connectivity index (χ4v) is 4.73. The molecule has 4 rings (SSSR count). The monoisotopic (exact) mass is 498 g/mol. The zero-order chi connectivity index (χ0) is 26.4. The molecule has 192 valence electrons. The van der Waals surface area contributed by atoms with Crippen LogP contribution < -0.4 is 0 Å². The molecule has 0 atom stereocenters. The number of hydrogen-bond donors (Lipinski definition) is 2.